The normalized spacial score (nSPS) is 19.0. The van der Waals surface area contributed by atoms with Crippen LogP contribution in [0, 0.1) is 0 Å². The van der Waals surface area contributed by atoms with Crippen LogP contribution in [0.3, 0.4) is 0 Å². The van der Waals surface area contributed by atoms with E-state index in [-0.39, 0.29) is 28.5 Å². The highest BCUT2D eigenvalue weighted by Crippen LogP contribution is 2.66. The molecule has 0 bridgehead atoms. The lowest BCUT2D eigenvalue weighted by atomic mass is 9.45. The molecule has 0 saturated heterocycles. The largest absolute Gasteiger partial charge is 0.376 e. The summed E-state index contributed by atoms with van der Waals surface area (Å²) in [5, 5.41) is 1.40. The fourth-order valence-electron chi connectivity index (χ4n) is 15.1. The molecule has 1 unspecified atom stereocenters. The van der Waals surface area contributed by atoms with Crippen LogP contribution in [0.15, 0.2) is 115 Å². The summed E-state index contributed by atoms with van der Waals surface area (Å²) in [6.45, 7) is 24.5. The number of fused-ring (bicyclic) bond motifs is 17. The van der Waals surface area contributed by atoms with Gasteiger partial charge < -0.3 is 9.71 Å². The summed E-state index contributed by atoms with van der Waals surface area (Å²) >= 11 is 2.05. The minimum absolute atomic E-state index is 0.0239. The van der Waals surface area contributed by atoms with Gasteiger partial charge in [-0.1, -0.05) is 142 Å². The Morgan fingerprint density at radius 2 is 1.11 bits per heavy atom. The maximum atomic E-state index is 2.83. The Hall–Kier alpha value is -5.84. The maximum Gasteiger partial charge on any atom is 0.343 e. The zero-order valence-electron chi connectivity index (χ0n) is 45.1. The molecule has 1 atom stereocenters. The summed E-state index contributed by atoms with van der Waals surface area (Å²) < 4.78 is 2.84. The third kappa shape index (κ3) is 6.17. The average Bonchev–Trinajstić information content (AvgIpc) is 4.01. The summed E-state index contributed by atoms with van der Waals surface area (Å²) in [6.07, 6.45) is 12.9. The Bertz CT molecular complexity index is 3660. The summed E-state index contributed by atoms with van der Waals surface area (Å²) in [5.74, 6) is 0. The molecule has 366 valence electrons. The quantitative estimate of drug-likeness (QED) is 0.126. The summed E-state index contributed by atoms with van der Waals surface area (Å²) in [6, 6.07) is 47.8. The van der Waals surface area contributed by atoms with E-state index in [4.69, 9.17) is 0 Å². The minimum atomic E-state index is -0.322. The second kappa shape index (κ2) is 15.8. The van der Waals surface area contributed by atoms with Gasteiger partial charge in [-0.05, 0) is 213 Å². The molecule has 0 saturated carbocycles. The molecule has 8 aromatic rings. The molecular formula is C69H71BN2S. The van der Waals surface area contributed by atoms with Crippen molar-refractivity contribution in [3.8, 4) is 33.4 Å². The first-order chi connectivity index (χ1) is 35.2. The molecule has 1 aromatic heterocycles. The number of hydrogen-bond acceptors (Lipinski definition) is 3. The lowest BCUT2D eigenvalue weighted by molar-refractivity contribution is 0.331. The molecule has 73 heavy (non-hydrogen) atoms. The smallest absolute Gasteiger partial charge is 0.343 e. The fourth-order valence-corrected chi connectivity index (χ4v) is 16.4. The van der Waals surface area contributed by atoms with Crippen LogP contribution >= 0.6 is 11.3 Å². The standard InChI is InChI=1S/C69H71BN2S/c1-11-14-19-41-24-28-44(29-25-41)72-59-40-54-46(47-38-55-56(39-53(47)68(54,8)9)67(6,7)33-32-66(55,4)5)36-48(59)50-37-49-45-22-17-18-23-52(45)69(10)57-35-43(21-16-13-3)26-30-58(57)71-63-51-34-42(20-15-12-2)27-31-60(51)73-65(63)70(72)62(50)64(71)61(49)69/h17-18,22-31,34-40H,11-16,19-21,32-33H2,1-10H3. The third-order valence-corrected chi connectivity index (χ3v) is 20.6. The topological polar surface area (TPSA) is 6.48 Å². The molecule has 0 spiro atoms. The van der Waals surface area contributed by atoms with Crippen molar-refractivity contribution in [2.75, 3.05) is 9.71 Å². The number of benzene rings is 7. The van der Waals surface area contributed by atoms with Crippen LogP contribution in [0.5, 0.6) is 0 Å². The van der Waals surface area contributed by atoms with Gasteiger partial charge in [-0.2, -0.15) is 0 Å². The Balaban J connectivity index is 1.11. The second-order valence-corrected chi connectivity index (χ2v) is 26.2. The SMILES string of the molecule is CCCCc1ccc(N2B3c4sc5ccc(CCCC)cc5c4N4c5ccc(CCCC)cc5C5(C)c6ccccc6-c6cc(c3c4c65)-c3cc4c(cc32)C(C)(C)c2cc3c(cc2-4)C(C)(C)CCC3(C)C)cc1. The van der Waals surface area contributed by atoms with Gasteiger partial charge >= 0.3 is 6.85 Å². The van der Waals surface area contributed by atoms with Gasteiger partial charge in [0.1, 0.15) is 0 Å². The van der Waals surface area contributed by atoms with Crippen LogP contribution < -0.4 is 20.0 Å². The van der Waals surface area contributed by atoms with Gasteiger partial charge in [0.05, 0.1) is 11.4 Å². The van der Waals surface area contributed by atoms with Crippen molar-refractivity contribution in [2.45, 2.75) is 162 Å². The van der Waals surface area contributed by atoms with Crippen molar-refractivity contribution in [1.29, 1.82) is 0 Å². The predicted molar refractivity (Wildman–Crippen MR) is 315 cm³/mol. The summed E-state index contributed by atoms with van der Waals surface area (Å²) in [5.41, 5.74) is 31.2. The van der Waals surface area contributed by atoms with E-state index in [1.54, 1.807) is 11.1 Å². The average molecular weight is 971 g/mol. The van der Waals surface area contributed by atoms with E-state index in [1.807, 2.05) is 11.3 Å². The zero-order chi connectivity index (χ0) is 50.1. The Morgan fingerprint density at radius 3 is 1.84 bits per heavy atom. The Kier molecular flexibility index (Phi) is 9.93. The predicted octanol–water partition coefficient (Wildman–Crippen LogP) is 17.9. The zero-order valence-corrected chi connectivity index (χ0v) is 45.9. The van der Waals surface area contributed by atoms with Gasteiger partial charge in [-0.3, -0.25) is 0 Å². The van der Waals surface area contributed by atoms with Crippen LogP contribution in [-0.4, -0.2) is 6.85 Å². The van der Waals surface area contributed by atoms with Crippen LogP contribution in [0.1, 0.15) is 176 Å². The van der Waals surface area contributed by atoms with E-state index in [1.165, 1.54) is 178 Å². The first kappa shape index (κ1) is 45.8. The Labute approximate surface area is 440 Å². The molecule has 4 heteroatoms. The highest BCUT2D eigenvalue weighted by atomic mass is 32.1. The van der Waals surface area contributed by atoms with Gasteiger partial charge in [-0.25, -0.2) is 0 Å². The lowest BCUT2D eigenvalue weighted by Gasteiger charge is -2.50. The molecule has 3 aliphatic heterocycles. The fraction of sp³-hybridized carbons (Fsp3) is 0.362. The van der Waals surface area contributed by atoms with Crippen LogP contribution in [-0.2, 0) is 40.9 Å². The number of thiophene rings is 1. The van der Waals surface area contributed by atoms with Crippen molar-refractivity contribution in [3.05, 3.63) is 171 Å². The number of rotatable bonds is 10. The molecule has 6 aliphatic rings. The maximum absolute atomic E-state index is 2.83. The van der Waals surface area contributed by atoms with Gasteiger partial charge in [0.2, 0.25) is 0 Å². The van der Waals surface area contributed by atoms with Gasteiger partial charge in [-0.15, -0.1) is 11.3 Å². The van der Waals surface area contributed by atoms with Crippen molar-refractivity contribution < 1.29 is 0 Å². The van der Waals surface area contributed by atoms with E-state index in [0.717, 1.165) is 19.3 Å². The van der Waals surface area contributed by atoms with Crippen LogP contribution in [0.25, 0.3) is 43.5 Å². The first-order valence-electron chi connectivity index (χ1n) is 28.3. The van der Waals surface area contributed by atoms with Gasteiger partial charge in [0.15, 0.2) is 0 Å². The van der Waals surface area contributed by atoms with Crippen LogP contribution in [0.4, 0.5) is 28.4 Å². The number of hydrogen-bond donors (Lipinski definition) is 0. The minimum Gasteiger partial charge on any atom is -0.376 e. The van der Waals surface area contributed by atoms with E-state index < -0.39 is 0 Å². The lowest BCUT2D eigenvalue weighted by Crippen LogP contribution is -2.61. The van der Waals surface area contributed by atoms with Crippen molar-refractivity contribution in [1.82, 2.24) is 0 Å². The molecule has 4 heterocycles. The third-order valence-electron chi connectivity index (χ3n) is 19.4. The van der Waals surface area contributed by atoms with Crippen molar-refractivity contribution >= 4 is 66.9 Å². The summed E-state index contributed by atoms with van der Waals surface area (Å²) in [7, 11) is 0. The molecule has 0 fully saturated rings. The van der Waals surface area contributed by atoms with E-state index in [0.29, 0.717) is 0 Å². The van der Waals surface area contributed by atoms with Crippen molar-refractivity contribution in [2.24, 2.45) is 0 Å². The van der Waals surface area contributed by atoms with Gasteiger partial charge in [0, 0.05) is 48.3 Å². The number of nitrogens with zero attached hydrogens (tertiary/aromatic N) is 2. The summed E-state index contributed by atoms with van der Waals surface area (Å²) in [4.78, 5) is 5.64. The number of unbranched alkanes of at least 4 members (excludes halogenated alkanes) is 3. The Morgan fingerprint density at radius 1 is 0.493 bits per heavy atom. The molecule has 0 radical (unpaired) electrons. The second-order valence-electron chi connectivity index (χ2n) is 25.1. The van der Waals surface area contributed by atoms with E-state index in [9.17, 15) is 0 Å². The van der Waals surface area contributed by atoms with Crippen LogP contribution in [0.2, 0.25) is 0 Å². The first-order valence-corrected chi connectivity index (χ1v) is 29.1. The molecular weight excluding hydrogens is 900 g/mol. The monoisotopic (exact) mass is 971 g/mol. The molecule has 7 aromatic carbocycles. The molecule has 2 nitrogen and oxygen atoms in total. The number of aryl methyl sites for hydroxylation is 3. The number of anilines is 5. The molecule has 14 rings (SSSR count). The van der Waals surface area contributed by atoms with E-state index >= 15 is 0 Å². The van der Waals surface area contributed by atoms with Crippen molar-refractivity contribution in [3.63, 3.8) is 0 Å². The van der Waals surface area contributed by atoms with Gasteiger partial charge in [0.25, 0.3) is 0 Å². The molecule has 0 N–H and O–H groups in total. The highest BCUT2D eigenvalue weighted by molar-refractivity contribution is 7.32. The molecule has 3 aliphatic carbocycles. The molecule has 0 amide bonds. The van der Waals surface area contributed by atoms with E-state index in [2.05, 4.69) is 194 Å². The highest BCUT2D eigenvalue weighted by Gasteiger charge is 2.56.